The molecule has 1 aliphatic heterocycles. The van der Waals surface area contributed by atoms with Crippen LogP contribution in [-0.2, 0) is 0 Å². The van der Waals surface area contributed by atoms with Crippen molar-refractivity contribution >= 4 is 5.95 Å². The van der Waals surface area contributed by atoms with Crippen LogP contribution in [0.3, 0.4) is 0 Å². The second kappa shape index (κ2) is 8.57. The number of halogens is 1. The van der Waals surface area contributed by atoms with Gasteiger partial charge in [0.25, 0.3) is 0 Å². The lowest BCUT2D eigenvalue weighted by molar-refractivity contribution is 0.325. The summed E-state index contributed by atoms with van der Waals surface area (Å²) in [7, 11) is 3.11. The molecule has 4 rings (SSSR count). The van der Waals surface area contributed by atoms with Crippen molar-refractivity contribution in [3.8, 4) is 28.6 Å². The van der Waals surface area contributed by atoms with E-state index in [-0.39, 0.29) is 19.0 Å². The maximum Gasteiger partial charge on any atom is 0.237 e. The lowest BCUT2D eigenvalue weighted by Crippen LogP contribution is -2.31. The van der Waals surface area contributed by atoms with Crippen LogP contribution in [0.5, 0.6) is 11.5 Å². The number of hydrogen-bond acceptors (Lipinski definition) is 7. The molecule has 1 aliphatic rings. The fourth-order valence-electron chi connectivity index (χ4n) is 3.49. The molecule has 31 heavy (non-hydrogen) atoms. The van der Waals surface area contributed by atoms with Crippen LogP contribution in [0.25, 0.3) is 17.1 Å². The highest BCUT2D eigenvalue weighted by Crippen LogP contribution is 2.39. The zero-order valence-electron chi connectivity index (χ0n) is 17.4. The van der Waals surface area contributed by atoms with Crippen molar-refractivity contribution in [2.45, 2.75) is 6.92 Å². The molecule has 3 aromatic rings. The predicted molar refractivity (Wildman–Crippen MR) is 114 cm³/mol. The number of pyridine rings is 1. The Kier molecular flexibility index (Phi) is 5.68. The fraction of sp³-hybridized carbons (Fsp3) is 0.227. The van der Waals surface area contributed by atoms with Gasteiger partial charge in [-0.1, -0.05) is 6.07 Å². The van der Waals surface area contributed by atoms with Gasteiger partial charge in [-0.25, -0.2) is 4.39 Å². The summed E-state index contributed by atoms with van der Waals surface area (Å²) in [4.78, 5) is 5.84. The van der Waals surface area contributed by atoms with E-state index >= 15 is 0 Å². The minimum atomic E-state index is -0.363. The fourth-order valence-corrected chi connectivity index (χ4v) is 3.49. The van der Waals surface area contributed by atoms with Crippen molar-refractivity contribution in [1.82, 2.24) is 19.7 Å². The van der Waals surface area contributed by atoms with Gasteiger partial charge in [0.15, 0.2) is 5.82 Å². The Hall–Kier alpha value is -3.72. The number of aromatic nitrogens is 4. The summed E-state index contributed by atoms with van der Waals surface area (Å²) in [6, 6.07) is 7.32. The third kappa shape index (κ3) is 3.75. The summed E-state index contributed by atoms with van der Waals surface area (Å²) in [5, 5.41) is 18.6. The van der Waals surface area contributed by atoms with Crippen molar-refractivity contribution in [3.63, 3.8) is 0 Å². The van der Waals surface area contributed by atoms with Crippen molar-refractivity contribution < 1.29 is 19.0 Å². The lowest BCUT2D eigenvalue weighted by Gasteiger charge is -2.28. The summed E-state index contributed by atoms with van der Waals surface area (Å²) in [6.07, 6.45) is 6.27. The Bertz CT molecular complexity index is 1150. The molecule has 160 valence electrons. The summed E-state index contributed by atoms with van der Waals surface area (Å²) in [5.74, 6) is 1.45. The highest BCUT2D eigenvalue weighted by molar-refractivity contribution is 5.69. The van der Waals surface area contributed by atoms with Crippen LogP contribution in [0.2, 0.25) is 0 Å². The van der Waals surface area contributed by atoms with E-state index in [0.29, 0.717) is 40.2 Å². The summed E-state index contributed by atoms with van der Waals surface area (Å²) in [6.45, 7) is 1.55. The number of rotatable bonds is 6. The molecule has 0 saturated carbocycles. The third-order valence-electron chi connectivity index (χ3n) is 4.92. The van der Waals surface area contributed by atoms with Gasteiger partial charge in [0.1, 0.15) is 23.0 Å². The molecule has 0 unspecified atom stereocenters. The zero-order valence-corrected chi connectivity index (χ0v) is 17.4. The molecule has 8 nitrogen and oxygen atoms in total. The molecule has 0 spiro atoms. The predicted octanol–water partition coefficient (Wildman–Crippen LogP) is 3.20. The molecule has 0 radical (unpaired) electrons. The minimum absolute atomic E-state index is 0.0892. The number of anilines is 1. The number of ether oxygens (including phenoxy) is 2. The van der Waals surface area contributed by atoms with Crippen LogP contribution >= 0.6 is 0 Å². The summed E-state index contributed by atoms with van der Waals surface area (Å²) >= 11 is 0. The van der Waals surface area contributed by atoms with Crippen molar-refractivity contribution in [2.24, 2.45) is 0 Å². The van der Waals surface area contributed by atoms with Crippen LogP contribution in [-0.4, -0.2) is 52.2 Å². The van der Waals surface area contributed by atoms with E-state index in [0.717, 1.165) is 5.56 Å². The molecule has 1 aromatic carbocycles. The minimum Gasteiger partial charge on any atom is -0.494 e. The van der Waals surface area contributed by atoms with E-state index in [1.807, 2.05) is 13.0 Å². The second-order valence-electron chi connectivity index (χ2n) is 6.94. The van der Waals surface area contributed by atoms with E-state index in [9.17, 15) is 9.50 Å². The Morgan fingerprint density at radius 1 is 1.10 bits per heavy atom. The Labute approximate surface area is 178 Å². The van der Waals surface area contributed by atoms with Crippen molar-refractivity contribution in [3.05, 3.63) is 65.9 Å². The monoisotopic (exact) mass is 423 g/mol. The maximum atomic E-state index is 14.2. The van der Waals surface area contributed by atoms with Crippen molar-refractivity contribution in [1.29, 1.82) is 0 Å². The molecular weight excluding hydrogens is 401 g/mol. The van der Waals surface area contributed by atoms with Gasteiger partial charge in [-0.05, 0) is 42.8 Å². The maximum absolute atomic E-state index is 14.2. The van der Waals surface area contributed by atoms with Gasteiger partial charge in [0, 0.05) is 23.7 Å². The number of methoxy groups -OCH3 is 2. The Morgan fingerprint density at radius 3 is 2.48 bits per heavy atom. The van der Waals surface area contributed by atoms with E-state index < -0.39 is 0 Å². The van der Waals surface area contributed by atoms with Gasteiger partial charge in [-0.2, -0.15) is 0 Å². The van der Waals surface area contributed by atoms with Crippen LogP contribution < -0.4 is 14.4 Å². The molecule has 0 bridgehead atoms. The van der Waals surface area contributed by atoms with Gasteiger partial charge in [-0.15, -0.1) is 10.2 Å². The number of nitrogens with zero attached hydrogens (tertiary/aromatic N) is 5. The highest BCUT2D eigenvalue weighted by atomic mass is 19.1. The van der Waals surface area contributed by atoms with Gasteiger partial charge in [0.2, 0.25) is 5.95 Å². The number of hydrogen-bond donors (Lipinski definition) is 1. The molecule has 2 aromatic heterocycles. The van der Waals surface area contributed by atoms with Crippen LogP contribution in [0, 0.1) is 6.92 Å². The van der Waals surface area contributed by atoms with Gasteiger partial charge < -0.3 is 19.5 Å². The van der Waals surface area contributed by atoms with Gasteiger partial charge in [0.05, 0.1) is 27.4 Å². The molecule has 9 heteroatoms. The molecule has 0 atom stereocenters. The van der Waals surface area contributed by atoms with Crippen LogP contribution in [0.15, 0.2) is 60.3 Å². The van der Waals surface area contributed by atoms with E-state index in [1.165, 1.54) is 12.2 Å². The van der Waals surface area contributed by atoms with E-state index in [1.54, 1.807) is 54.3 Å². The summed E-state index contributed by atoms with van der Waals surface area (Å²) < 4.78 is 27.2. The first-order valence-corrected chi connectivity index (χ1v) is 9.59. The number of aliphatic hydroxyl groups is 1. The standard InChI is InChI=1S/C22H22FN5O3/c1-14-9-15(11-24-10-14)21-25-26-22(27-12-16(23)7-8-17(27)13-29)28(21)20-18(30-2)5-4-6-19(20)31-3/h4-11,29H,12-13H2,1-3H3. The smallest absolute Gasteiger partial charge is 0.237 e. The number of allylic oxidation sites excluding steroid dienone is 2. The van der Waals surface area contributed by atoms with Crippen LogP contribution in [0.4, 0.5) is 10.3 Å². The lowest BCUT2D eigenvalue weighted by atomic mass is 10.2. The normalized spacial score (nSPS) is 13.6. The summed E-state index contributed by atoms with van der Waals surface area (Å²) in [5.41, 5.74) is 2.70. The quantitative estimate of drug-likeness (QED) is 0.652. The first-order chi connectivity index (χ1) is 15.1. The van der Waals surface area contributed by atoms with Gasteiger partial charge >= 0.3 is 0 Å². The molecule has 1 N–H and O–H groups in total. The number of benzene rings is 1. The van der Waals surface area contributed by atoms with Gasteiger partial charge in [-0.3, -0.25) is 9.55 Å². The highest BCUT2D eigenvalue weighted by Gasteiger charge is 2.28. The topological polar surface area (TPSA) is 85.5 Å². The average Bonchev–Trinajstić information content (AvgIpc) is 3.22. The van der Waals surface area contributed by atoms with Crippen molar-refractivity contribution in [2.75, 3.05) is 32.3 Å². The number of para-hydroxylation sites is 1. The molecule has 0 fully saturated rings. The largest absolute Gasteiger partial charge is 0.494 e. The average molecular weight is 423 g/mol. The Balaban J connectivity index is 2.02. The zero-order chi connectivity index (χ0) is 22.0. The molecular formula is C22H22FN5O3. The van der Waals surface area contributed by atoms with E-state index in [4.69, 9.17) is 9.47 Å². The molecule has 3 heterocycles. The first-order valence-electron chi connectivity index (χ1n) is 9.59. The van der Waals surface area contributed by atoms with E-state index in [2.05, 4.69) is 15.2 Å². The molecule has 0 saturated heterocycles. The first kappa shape index (κ1) is 20.5. The molecule has 0 aliphatic carbocycles. The molecule has 0 amide bonds. The van der Waals surface area contributed by atoms with Crippen LogP contribution in [0.1, 0.15) is 5.56 Å². The SMILES string of the molecule is COc1cccc(OC)c1-n1c(-c2cncc(C)c2)nnc1N1CC(F)=CC=C1CO. The number of aliphatic hydroxyl groups excluding tert-OH is 1. The Morgan fingerprint density at radius 2 is 1.84 bits per heavy atom. The second-order valence-corrected chi connectivity index (χ2v) is 6.94. The number of aryl methyl sites for hydroxylation is 1. The third-order valence-corrected chi connectivity index (χ3v) is 4.92.